The fourth-order valence-corrected chi connectivity index (χ4v) is 14.0. The van der Waals surface area contributed by atoms with E-state index >= 15 is 19.2 Å². The van der Waals surface area contributed by atoms with Crippen molar-refractivity contribution in [3.63, 3.8) is 0 Å². The summed E-state index contributed by atoms with van der Waals surface area (Å²) in [5.74, 6) is -16.3. The normalized spacial score (nSPS) is 28.9. The molecule has 2 saturated heterocycles. The third-order valence-electron chi connectivity index (χ3n) is 19.6. The predicted octanol–water partition coefficient (Wildman–Crippen LogP) is -3.43. The highest BCUT2D eigenvalue weighted by Gasteiger charge is 2.52. The number of benzene rings is 5. The molecule has 7 aliphatic heterocycles. The van der Waals surface area contributed by atoms with Crippen LogP contribution in [0.1, 0.15) is 105 Å². The molecular formula is C72H88Cl2N10O28. The number of aromatic hydroxyl groups is 3. The van der Waals surface area contributed by atoms with E-state index in [1.807, 2.05) is 0 Å². The van der Waals surface area contributed by atoms with Gasteiger partial charge in [0.25, 0.3) is 0 Å². The fourth-order valence-electron chi connectivity index (χ4n) is 13.5. The molecule has 112 heavy (non-hydrogen) atoms. The summed E-state index contributed by atoms with van der Waals surface area (Å²) in [6.07, 6.45) is -27.6. The Kier molecular flexibility index (Phi) is 26.8. The molecule has 0 aliphatic carbocycles. The van der Waals surface area contributed by atoms with Crippen molar-refractivity contribution in [2.24, 2.45) is 17.4 Å². The molecule has 0 saturated carbocycles. The zero-order chi connectivity index (χ0) is 82.0. The molecule has 26 N–H and O–H groups in total. The van der Waals surface area contributed by atoms with Crippen molar-refractivity contribution in [3.8, 4) is 57.1 Å². The number of nitrogens with one attached hydrogen (secondary N) is 8. The van der Waals surface area contributed by atoms with Crippen molar-refractivity contribution < 1.29 is 138 Å². The minimum atomic E-state index is -2.40. The molecule has 608 valence electrons. The number of likely N-dealkylation sites (N-methyl/N-ethyl adjacent to an activating group) is 1. The first-order valence-corrected chi connectivity index (χ1v) is 35.9. The quantitative estimate of drug-likeness (QED) is 0.0383. The van der Waals surface area contributed by atoms with Crippen LogP contribution in [-0.4, -0.2) is 249 Å². The van der Waals surface area contributed by atoms with Gasteiger partial charge in [0.15, 0.2) is 23.9 Å². The maximum atomic E-state index is 16.2. The van der Waals surface area contributed by atoms with Crippen LogP contribution in [0.15, 0.2) is 78.9 Å². The van der Waals surface area contributed by atoms with Gasteiger partial charge in [-0.3, -0.25) is 38.4 Å². The average molecular weight is 1610 g/mol. The Morgan fingerprint density at radius 1 is 0.688 bits per heavy atom. The van der Waals surface area contributed by atoms with Gasteiger partial charge in [0.2, 0.25) is 59.3 Å². The molecule has 0 spiro atoms. The second kappa shape index (κ2) is 35.3. The number of phenols is 3. The van der Waals surface area contributed by atoms with Crippen LogP contribution in [0, 0.1) is 5.92 Å². The number of phenolic OH excluding ortho intramolecular Hbond substituents is 3. The summed E-state index contributed by atoms with van der Waals surface area (Å²) in [5, 5.41) is 175. The van der Waals surface area contributed by atoms with E-state index in [-0.39, 0.29) is 35.6 Å². The lowest BCUT2D eigenvalue weighted by Crippen LogP contribution is -2.64. The van der Waals surface area contributed by atoms with E-state index < -0.39 is 285 Å². The number of halogens is 2. The van der Waals surface area contributed by atoms with Crippen molar-refractivity contribution in [2.75, 3.05) is 26.8 Å². The van der Waals surface area contributed by atoms with Gasteiger partial charge in [-0.2, -0.15) is 0 Å². The van der Waals surface area contributed by atoms with Crippen LogP contribution in [0.5, 0.6) is 46.0 Å². The molecule has 5 aromatic rings. The van der Waals surface area contributed by atoms with Gasteiger partial charge in [-0.05, 0) is 116 Å². The lowest BCUT2D eigenvalue weighted by atomic mass is 9.86. The number of carbonyl (C=O) groups excluding carboxylic acids is 8. The maximum absolute atomic E-state index is 16.2. The Bertz CT molecular complexity index is 4370. The van der Waals surface area contributed by atoms with Crippen LogP contribution in [0.25, 0.3) is 11.1 Å². The summed E-state index contributed by atoms with van der Waals surface area (Å²) in [6.45, 7) is 3.47. The Labute approximate surface area is 647 Å². The summed E-state index contributed by atoms with van der Waals surface area (Å²) in [4.78, 5) is 120. The number of amides is 8. The van der Waals surface area contributed by atoms with Crippen LogP contribution in [0.2, 0.25) is 10.0 Å². The lowest BCUT2D eigenvalue weighted by Gasteiger charge is -2.47. The molecule has 5 aromatic carbocycles. The van der Waals surface area contributed by atoms with Gasteiger partial charge in [0.1, 0.15) is 114 Å². The van der Waals surface area contributed by atoms with Gasteiger partial charge in [-0.25, -0.2) is 0 Å². The number of hydrogen-bond acceptors (Lipinski definition) is 30. The highest BCUT2D eigenvalue weighted by molar-refractivity contribution is 6.32. The van der Waals surface area contributed by atoms with Crippen LogP contribution in [-0.2, 0) is 52.6 Å². The SMILES string of the molecule is CN[C@H](CC(C)C)C(=O)N[C@H]1C(=O)N[C@@H](CC(N)=O)C(=O)N[C@H]2C(=O)N[C@H]3C(=O)N[C@H](C(=O)N[C@H](C(=O)NC[C@@H](O)[C@@H](O)[C@@H](O)[C@@H](O)CO)c4cc(O)cc(O)c4-c4cc3ccc4O)[C@H](O)c3ccc(c(Cl)c3)Oc3cc2cc(c3O[C@@H]2O[C@H](CO)[C@@H](O)[C@H](O)[C@H]2O[C@H]2C[C@](C)(N)[C@H](O)[C@H](C)O2)Oc2ccc(cc2Cl)[C@H]1O. The molecule has 7 aliphatic rings. The second-order valence-corrected chi connectivity index (χ2v) is 29.2. The van der Waals surface area contributed by atoms with Crippen molar-refractivity contribution in [3.05, 3.63) is 117 Å². The molecule has 0 aromatic heterocycles. The predicted molar refractivity (Wildman–Crippen MR) is 386 cm³/mol. The van der Waals surface area contributed by atoms with Crippen LogP contribution >= 0.6 is 23.2 Å². The van der Waals surface area contributed by atoms with Crippen molar-refractivity contribution in [1.82, 2.24) is 42.5 Å². The molecule has 38 nitrogen and oxygen atoms in total. The Morgan fingerprint density at radius 2 is 1.29 bits per heavy atom. The topological polar surface area (TPSA) is 623 Å². The zero-order valence-corrected chi connectivity index (χ0v) is 61.8. The smallest absolute Gasteiger partial charge is 0.248 e. The van der Waals surface area contributed by atoms with Gasteiger partial charge in [-0.15, -0.1) is 0 Å². The number of carbonyl (C=O) groups is 8. The maximum Gasteiger partial charge on any atom is 0.248 e. The van der Waals surface area contributed by atoms with E-state index in [2.05, 4.69) is 42.5 Å². The molecular weight excluding hydrogens is 1520 g/mol. The van der Waals surface area contributed by atoms with Crippen LogP contribution in [0.4, 0.5) is 0 Å². The third kappa shape index (κ3) is 18.6. The Hall–Kier alpha value is -9.40. The van der Waals surface area contributed by atoms with E-state index in [9.17, 15) is 90.7 Å². The largest absolute Gasteiger partial charge is 0.508 e. The van der Waals surface area contributed by atoms with E-state index in [0.29, 0.717) is 0 Å². The number of fused-ring (bicyclic) bond motifs is 15. The number of nitrogens with two attached hydrogens (primary N) is 2. The minimum absolute atomic E-state index is 0.121. The number of aliphatic hydroxyl groups excluding tert-OH is 11. The lowest BCUT2D eigenvalue weighted by molar-refractivity contribution is -0.333. The monoisotopic (exact) mass is 1610 g/mol. The van der Waals surface area contributed by atoms with Crippen molar-refractivity contribution >= 4 is 70.5 Å². The second-order valence-electron chi connectivity index (χ2n) is 28.4. The summed E-state index contributed by atoms with van der Waals surface area (Å²) < 4.78 is 38.4. The summed E-state index contributed by atoms with van der Waals surface area (Å²) in [7, 11) is 1.46. The molecule has 11 bridgehead atoms. The van der Waals surface area contributed by atoms with Crippen molar-refractivity contribution in [1.29, 1.82) is 0 Å². The highest BCUT2D eigenvalue weighted by atomic mass is 35.5. The molecule has 12 rings (SSSR count). The fraction of sp³-hybridized carbons (Fsp3) is 0.472. The molecule has 7 heterocycles. The average Bonchev–Trinajstić information content (AvgIpc) is 0.769. The number of aliphatic hydroxyl groups is 11. The van der Waals surface area contributed by atoms with Gasteiger partial charge in [0, 0.05) is 35.7 Å². The third-order valence-corrected chi connectivity index (χ3v) is 20.2. The molecule has 8 amide bonds. The first-order chi connectivity index (χ1) is 52.8. The summed E-state index contributed by atoms with van der Waals surface area (Å²) >= 11 is 14.2. The van der Waals surface area contributed by atoms with Gasteiger partial charge in [0.05, 0.1) is 54.0 Å². The number of primary amides is 1. The summed E-state index contributed by atoms with van der Waals surface area (Å²) in [6, 6.07) is -1.45. The van der Waals surface area contributed by atoms with Crippen LogP contribution in [0.3, 0.4) is 0 Å². The highest BCUT2D eigenvalue weighted by Crippen LogP contribution is 2.50. The standard InChI is InChI=1S/C72H88Cl2N10O28/c1-25(2)12-36(77-5)64(100)83-53-55(93)28-7-10-42(34(73)14-28)108-44-16-30-17-45(61(44)112-71-62(60(98)59(97)46(24-86)110-71)111-48-21-72(4,76)63(99)26(3)107-48)109-43-11-8-29(15-35(43)74)56(94)54-70(106)82-52(66(102)78-22-40(90)57(95)58(96)41(91)23-85)33-18-31(87)19-39(89)49(33)32-13-27(6-9-38(32)88)50(67(103)84-54)81-68(104)51(30)80-65(101)37(20-47(75)92)79-69(53)105/h6-11,13-19,25-26,36-37,40-41,46,48,50-60,62-63,71,77,85-91,93-99H,12,20-24,76H2,1-5H3,(H2,75,92)(H,78,102)(H,79,105)(H,80,101)(H,81,104)(H,82,106)(H,83,100)(H,84,103)/t26-,36+,37-,40+,41-,46+,48-,50+,51+,52-,53+,54-,55+,56+,57+,58-,59+,60-,62+,63+,71-,72-/m0/s1. The van der Waals surface area contributed by atoms with Gasteiger partial charge >= 0.3 is 0 Å². The summed E-state index contributed by atoms with van der Waals surface area (Å²) in [5.41, 5.74) is 7.65. The van der Waals surface area contributed by atoms with Crippen LogP contribution < -0.4 is 68.2 Å². The van der Waals surface area contributed by atoms with E-state index in [0.717, 1.165) is 66.7 Å². The van der Waals surface area contributed by atoms with Crippen molar-refractivity contribution in [2.45, 2.75) is 181 Å². The first kappa shape index (κ1) is 85.0. The Balaban J connectivity index is 1.22. The van der Waals surface area contributed by atoms with E-state index in [4.69, 9.17) is 63.1 Å². The van der Waals surface area contributed by atoms with E-state index in [1.54, 1.807) is 13.8 Å². The molecule has 0 unspecified atom stereocenters. The molecule has 2 fully saturated rings. The number of rotatable bonds is 19. The molecule has 0 radical (unpaired) electrons. The van der Waals surface area contributed by atoms with Gasteiger partial charge < -0.3 is 154 Å². The van der Waals surface area contributed by atoms with E-state index in [1.165, 1.54) is 33.0 Å². The minimum Gasteiger partial charge on any atom is -0.508 e. The molecule has 22 atom stereocenters. The van der Waals surface area contributed by atoms with Gasteiger partial charge in [-0.1, -0.05) is 55.2 Å². The first-order valence-electron chi connectivity index (χ1n) is 35.2. The number of ether oxygens (including phenoxy) is 6. The number of hydrogen-bond donors (Lipinski definition) is 24. The Morgan fingerprint density at radius 3 is 1.88 bits per heavy atom. The zero-order valence-electron chi connectivity index (χ0n) is 60.3. The molecule has 40 heteroatoms.